The fourth-order valence-electron chi connectivity index (χ4n) is 1.63. The van der Waals surface area contributed by atoms with Crippen LogP contribution in [-0.2, 0) is 0 Å². The van der Waals surface area contributed by atoms with Gasteiger partial charge in [-0.1, -0.05) is 19.3 Å². The van der Waals surface area contributed by atoms with Gasteiger partial charge in [-0.2, -0.15) is 5.26 Å². The van der Waals surface area contributed by atoms with Crippen molar-refractivity contribution in [2.45, 2.75) is 39.0 Å². The van der Waals surface area contributed by atoms with E-state index in [-0.39, 0.29) is 0 Å². The number of hydrogen-bond acceptors (Lipinski definition) is 1. The van der Waals surface area contributed by atoms with Gasteiger partial charge in [0.2, 0.25) is 0 Å². The highest BCUT2D eigenvalue weighted by atomic mass is 14.3. The summed E-state index contributed by atoms with van der Waals surface area (Å²) in [5.74, 6) is 1.67. The summed E-state index contributed by atoms with van der Waals surface area (Å²) in [5, 5.41) is 8.60. The molecule has 10 heavy (non-hydrogen) atoms. The van der Waals surface area contributed by atoms with E-state index in [0.29, 0.717) is 5.92 Å². The Morgan fingerprint density at radius 2 is 1.90 bits per heavy atom. The molecule has 0 aromatic rings. The predicted octanol–water partition coefficient (Wildman–Crippen LogP) is 2.68. The first-order valence-electron chi connectivity index (χ1n) is 4.08. The van der Waals surface area contributed by atoms with E-state index in [4.69, 9.17) is 5.26 Å². The Kier molecular flexibility index (Phi) is 2.74. The molecule has 1 saturated carbocycles. The van der Waals surface area contributed by atoms with Gasteiger partial charge in [-0.15, -0.1) is 0 Å². The van der Waals surface area contributed by atoms with E-state index >= 15 is 0 Å². The lowest BCUT2D eigenvalue weighted by Gasteiger charge is -2.22. The molecule has 1 aliphatic carbocycles. The minimum Gasteiger partial charge on any atom is -0.198 e. The van der Waals surface area contributed by atoms with E-state index in [9.17, 15) is 0 Å². The third-order valence-electron chi connectivity index (χ3n) is 2.39. The van der Waals surface area contributed by atoms with Crippen LogP contribution < -0.4 is 0 Å². The average Bonchev–Trinajstić information content (AvgIpc) is 2.05. The van der Waals surface area contributed by atoms with Gasteiger partial charge in [0.05, 0.1) is 12.0 Å². The second-order valence-corrected chi connectivity index (χ2v) is 3.13. The van der Waals surface area contributed by atoms with E-state index in [1.165, 1.54) is 32.1 Å². The van der Waals surface area contributed by atoms with Crippen molar-refractivity contribution in [2.24, 2.45) is 5.92 Å². The van der Waals surface area contributed by atoms with Crippen molar-refractivity contribution in [1.29, 1.82) is 5.26 Å². The smallest absolute Gasteiger partial charge is 0.0759 e. The van der Waals surface area contributed by atoms with Crippen molar-refractivity contribution in [1.82, 2.24) is 0 Å². The van der Waals surface area contributed by atoms with Gasteiger partial charge < -0.3 is 0 Å². The number of nitrogens with zero attached hydrogens (tertiary/aromatic N) is 1. The molecule has 0 heterocycles. The molecular formula is C9H14N. The van der Waals surface area contributed by atoms with E-state index < -0.39 is 0 Å². The maximum Gasteiger partial charge on any atom is 0.0759 e. The lowest BCUT2D eigenvalue weighted by molar-refractivity contribution is 0.383. The molecular weight excluding hydrogens is 122 g/mol. The summed E-state index contributed by atoms with van der Waals surface area (Å²) < 4.78 is 0. The largest absolute Gasteiger partial charge is 0.198 e. The molecule has 1 radical (unpaired) electrons. The Balaban J connectivity index is 2.33. The molecule has 1 rings (SSSR count). The zero-order chi connectivity index (χ0) is 7.40. The topological polar surface area (TPSA) is 23.8 Å². The predicted molar refractivity (Wildman–Crippen MR) is 41.1 cm³/mol. The van der Waals surface area contributed by atoms with Crippen LogP contribution in [0.5, 0.6) is 0 Å². The highest BCUT2D eigenvalue weighted by Crippen LogP contribution is 2.30. The average molecular weight is 136 g/mol. The molecule has 0 unspecified atom stereocenters. The zero-order valence-corrected chi connectivity index (χ0v) is 6.56. The highest BCUT2D eigenvalue weighted by molar-refractivity contribution is 5.11. The highest BCUT2D eigenvalue weighted by Gasteiger charge is 2.19. The van der Waals surface area contributed by atoms with Crippen LogP contribution in [0, 0.1) is 23.2 Å². The van der Waals surface area contributed by atoms with Crippen LogP contribution in [0.4, 0.5) is 0 Å². The Morgan fingerprint density at radius 1 is 1.30 bits per heavy atom. The lowest BCUT2D eigenvalue weighted by Crippen LogP contribution is -2.11. The molecule has 1 heteroatoms. The minimum atomic E-state index is 0.624. The minimum absolute atomic E-state index is 0.624. The van der Waals surface area contributed by atoms with E-state index in [1.54, 1.807) is 0 Å². The molecule has 1 nitrogen and oxygen atoms in total. The molecule has 55 valence electrons. The molecule has 0 bridgehead atoms. The number of rotatable bonds is 1. The third kappa shape index (κ3) is 1.73. The SMILES string of the molecule is C[C](C#N)C1CCCCC1. The fourth-order valence-corrected chi connectivity index (χ4v) is 1.63. The molecule has 1 aliphatic rings. The molecule has 0 aliphatic heterocycles. The van der Waals surface area contributed by atoms with Gasteiger partial charge in [0.1, 0.15) is 0 Å². The Bertz CT molecular complexity index is 128. The maximum absolute atomic E-state index is 8.60. The summed E-state index contributed by atoms with van der Waals surface area (Å²) in [6, 6.07) is 2.25. The van der Waals surface area contributed by atoms with Crippen LogP contribution >= 0.6 is 0 Å². The van der Waals surface area contributed by atoms with Crippen LogP contribution in [0.2, 0.25) is 0 Å². The van der Waals surface area contributed by atoms with Gasteiger partial charge in [0.25, 0.3) is 0 Å². The quantitative estimate of drug-likeness (QED) is 0.543. The monoisotopic (exact) mass is 136 g/mol. The van der Waals surface area contributed by atoms with Crippen LogP contribution in [-0.4, -0.2) is 0 Å². The first-order valence-corrected chi connectivity index (χ1v) is 4.08. The Morgan fingerprint density at radius 3 is 2.40 bits per heavy atom. The standard InChI is InChI=1S/C9H14N/c1-8(7-10)9-5-3-2-4-6-9/h9H,2-6H2,1H3. The summed E-state index contributed by atoms with van der Waals surface area (Å²) in [5.41, 5.74) is 0. The molecule has 0 atom stereocenters. The fraction of sp³-hybridized carbons (Fsp3) is 0.778. The van der Waals surface area contributed by atoms with Crippen LogP contribution in [0.1, 0.15) is 39.0 Å². The van der Waals surface area contributed by atoms with E-state index in [0.717, 1.165) is 5.92 Å². The van der Waals surface area contributed by atoms with Gasteiger partial charge in [0.15, 0.2) is 0 Å². The van der Waals surface area contributed by atoms with Crippen molar-refractivity contribution in [3.05, 3.63) is 5.92 Å². The van der Waals surface area contributed by atoms with Crippen LogP contribution in [0.15, 0.2) is 0 Å². The van der Waals surface area contributed by atoms with Gasteiger partial charge in [-0.3, -0.25) is 0 Å². The first kappa shape index (κ1) is 7.60. The normalized spacial score (nSPS) is 20.9. The van der Waals surface area contributed by atoms with Gasteiger partial charge in [-0.25, -0.2) is 0 Å². The molecule has 0 aromatic carbocycles. The van der Waals surface area contributed by atoms with Gasteiger partial charge >= 0.3 is 0 Å². The van der Waals surface area contributed by atoms with E-state index in [2.05, 4.69) is 6.07 Å². The van der Waals surface area contributed by atoms with Crippen molar-refractivity contribution in [3.8, 4) is 6.07 Å². The van der Waals surface area contributed by atoms with Crippen molar-refractivity contribution in [2.75, 3.05) is 0 Å². The molecule has 0 aromatic heterocycles. The summed E-state index contributed by atoms with van der Waals surface area (Å²) in [6.07, 6.45) is 6.52. The zero-order valence-electron chi connectivity index (χ0n) is 6.56. The van der Waals surface area contributed by atoms with Crippen molar-refractivity contribution in [3.63, 3.8) is 0 Å². The molecule has 0 spiro atoms. The summed E-state index contributed by atoms with van der Waals surface area (Å²) in [4.78, 5) is 0. The Hall–Kier alpha value is -0.510. The van der Waals surface area contributed by atoms with Gasteiger partial charge in [0, 0.05) is 0 Å². The maximum atomic E-state index is 8.60. The molecule has 1 fully saturated rings. The number of nitriles is 1. The Labute approximate surface area is 63.0 Å². The van der Waals surface area contributed by atoms with E-state index in [1.807, 2.05) is 6.92 Å². The molecule has 0 saturated heterocycles. The lowest BCUT2D eigenvalue weighted by atomic mass is 9.82. The second-order valence-electron chi connectivity index (χ2n) is 3.13. The molecule has 0 amide bonds. The van der Waals surface area contributed by atoms with Crippen LogP contribution in [0.25, 0.3) is 0 Å². The van der Waals surface area contributed by atoms with Crippen molar-refractivity contribution < 1.29 is 0 Å². The molecule has 0 N–H and O–H groups in total. The van der Waals surface area contributed by atoms with Crippen LogP contribution in [0.3, 0.4) is 0 Å². The number of hydrogen-bond donors (Lipinski definition) is 0. The summed E-state index contributed by atoms with van der Waals surface area (Å²) in [6.45, 7) is 1.97. The van der Waals surface area contributed by atoms with Crippen molar-refractivity contribution >= 4 is 0 Å². The summed E-state index contributed by atoms with van der Waals surface area (Å²) in [7, 11) is 0. The van der Waals surface area contributed by atoms with Gasteiger partial charge in [-0.05, 0) is 25.7 Å². The first-order chi connectivity index (χ1) is 4.84. The summed E-state index contributed by atoms with van der Waals surface area (Å²) >= 11 is 0. The second kappa shape index (κ2) is 3.61. The third-order valence-corrected chi connectivity index (χ3v) is 2.39.